The average Bonchev–Trinajstić information content (AvgIpc) is 3.11. The van der Waals surface area contributed by atoms with Crippen molar-refractivity contribution in [2.45, 2.75) is 31.4 Å². The van der Waals surface area contributed by atoms with Gasteiger partial charge in [-0.1, -0.05) is 0 Å². The van der Waals surface area contributed by atoms with Crippen LogP contribution in [0.3, 0.4) is 0 Å². The number of nitrogens with zero attached hydrogens (tertiary/aromatic N) is 2. The Morgan fingerprint density at radius 1 is 1.33 bits per heavy atom. The molecule has 1 saturated heterocycles. The van der Waals surface area contributed by atoms with Gasteiger partial charge in [0, 0.05) is 18.9 Å². The summed E-state index contributed by atoms with van der Waals surface area (Å²) in [5.41, 5.74) is 2.15. The van der Waals surface area contributed by atoms with E-state index in [1.165, 1.54) is 0 Å². The van der Waals surface area contributed by atoms with Crippen LogP contribution in [0.2, 0.25) is 0 Å². The molecule has 1 aliphatic heterocycles. The van der Waals surface area contributed by atoms with E-state index < -0.39 is 6.10 Å². The van der Waals surface area contributed by atoms with Crippen LogP contribution in [0.25, 0.3) is 0 Å². The van der Waals surface area contributed by atoms with Crippen LogP contribution in [-0.2, 0) is 17.6 Å². The standard InChI is InChI=1S/C16H18N2O2S/c19-15-3-7-18(16(20)10-13-4-8-21-11-13)14(15)9-12-1-5-17-6-2-12/h1-2,4-6,8,11,14-15,19H,3,7,9-10H2/t14-,15-/m0/s1. The van der Waals surface area contributed by atoms with Crippen molar-refractivity contribution in [2.24, 2.45) is 0 Å². The third-order valence-corrected chi connectivity index (χ3v) is 4.69. The molecule has 0 aromatic carbocycles. The predicted octanol–water partition coefficient (Wildman–Crippen LogP) is 1.89. The molecule has 0 aliphatic carbocycles. The molecule has 3 heterocycles. The molecule has 1 fully saturated rings. The van der Waals surface area contributed by atoms with E-state index >= 15 is 0 Å². The third kappa shape index (κ3) is 3.31. The van der Waals surface area contributed by atoms with E-state index in [9.17, 15) is 9.90 Å². The first-order chi connectivity index (χ1) is 10.2. The van der Waals surface area contributed by atoms with Crippen LogP contribution >= 0.6 is 11.3 Å². The summed E-state index contributed by atoms with van der Waals surface area (Å²) in [6.45, 7) is 0.639. The maximum absolute atomic E-state index is 12.5. The number of hydrogen-bond donors (Lipinski definition) is 1. The summed E-state index contributed by atoms with van der Waals surface area (Å²) >= 11 is 1.60. The summed E-state index contributed by atoms with van der Waals surface area (Å²) in [5, 5.41) is 14.2. The van der Waals surface area contributed by atoms with Gasteiger partial charge in [0.15, 0.2) is 0 Å². The zero-order valence-corrected chi connectivity index (χ0v) is 12.5. The van der Waals surface area contributed by atoms with Crippen LogP contribution in [0.4, 0.5) is 0 Å². The van der Waals surface area contributed by atoms with Crippen LogP contribution in [-0.4, -0.2) is 39.6 Å². The van der Waals surface area contributed by atoms with Gasteiger partial charge in [-0.3, -0.25) is 9.78 Å². The molecule has 3 rings (SSSR count). The molecule has 1 aliphatic rings. The highest BCUT2D eigenvalue weighted by Crippen LogP contribution is 2.23. The zero-order valence-electron chi connectivity index (χ0n) is 11.7. The fraction of sp³-hybridized carbons (Fsp3) is 0.375. The van der Waals surface area contributed by atoms with Crippen molar-refractivity contribution in [2.75, 3.05) is 6.54 Å². The number of likely N-dealkylation sites (tertiary alicyclic amines) is 1. The minimum atomic E-state index is -0.440. The van der Waals surface area contributed by atoms with E-state index in [2.05, 4.69) is 4.98 Å². The molecule has 2 aromatic rings. The summed E-state index contributed by atoms with van der Waals surface area (Å²) in [5.74, 6) is 0.101. The lowest BCUT2D eigenvalue weighted by atomic mass is 10.0. The first-order valence-corrected chi connectivity index (χ1v) is 8.06. The van der Waals surface area contributed by atoms with Gasteiger partial charge in [-0.25, -0.2) is 0 Å². The molecule has 0 unspecified atom stereocenters. The Morgan fingerprint density at radius 2 is 2.14 bits per heavy atom. The molecule has 21 heavy (non-hydrogen) atoms. The molecule has 2 aromatic heterocycles. The molecule has 110 valence electrons. The first kappa shape index (κ1) is 14.2. The second kappa shape index (κ2) is 6.37. The highest BCUT2D eigenvalue weighted by atomic mass is 32.1. The molecule has 1 N–H and O–H groups in total. The van der Waals surface area contributed by atoms with Crippen LogP contribution < -0.4 is 0 Å². The smallest absolute Gasteiger partial charge is 0.227 e. The molecule has 0 saturated carbocycles. The summed E-state index contributed by atoms with van der Waals surface area (Å²) in [6.07, 6.45) is 4.81. The monoisotopic (exact) mass is 302 g/mol. The van der Waals surface area contributed by atoms with Crippen LogP contribution in [0.15, 0.2) is 41.4 Å². The van der Waals surface area contributed by atoms with E-state index in [0.29, 0.717) is 25.8 Å². The van der Waals surface area contributed by atoms with Crippen LogP contribution in [0, 0.1) is 0 Å². The number of carbonyl (C=O) groups is 1. The Hall–Kier alpha value is -1.72. The molecule has 0 radical (unpaired) electrons. The van der Waals surface area contributed by atoms with Crippen molar-refractivity contribution < 1.29 is 9.90 Å². The minimum absolute atomic E-state index is 0.101. The lowest BCUT2D eigenvalue weighted by Gasteiger charge is -2.26. The highest BCUT2D eigenvalue weighted by Gasteiger charge is 2.35. The molecule has 4 nitrogen and oxygen atoms in total. The topological polar surface area (TPSA) is 53.4 Å². The lowest BCUT2D eigenvalue weighted by Crippen LogP contribution is -2.41. The average molecular weight is 302 g/mol. The highest BCUT2D eigenvalue weighted by molar-refractivity contribution is 7.07. The quantitative estimate of drug-likeness (QED) is 0.938. The van der Waals surface area contributed by atoms with Crippen molar-refractivity contribution >= 4 is 17.2 Å². The molecule has 0 bridgehead atoms. The number of rotatable bonds is 4. The van der Waals surface area contributed by atoms with Gasteiger partial charge in [0.05, 0.1) is 18.6 Å². The summed E-state index contributed by atoms with van der Waals surface area (Å²) in [7, 11) is 0. The van der Waals surface area contributed by atoms with Gasteiger partial charge in [-0.05, 0) is 52.9 Å². The van der Waals surface area contributed by atoms with E-state index in [1.807, 2.05) is 33.9 Å². The Kier molecular flexibility index (Phi) is 4.31. The molecule has 1 amide bonds. The fourth-order valence-electron chi connectivity index (χ4n) is 2.82. The number of amides is 1. The summed E-state index contributed by atoms with van der Waals surface area (Å²) in [4.78, 5) is 18.3. The van der Waals surface area contributed by atoms with Crippen molar-refractivity contribution in [3.05, 3.63) is 52.5 Å². The molecule has 5 heteroatoms. The van der Waals surface area contributed by atoms with Gasteiger partial charge in [0.25, 0.3) is 0 Å². The van der Waals surface area contributed by atoms with Crippen LogP contribution in [0.1, 0.15) is 17.5 Å². The Morgan fingerprint density at radius 3 is 2.86 bits per heavy atom. The van der Waals surface area contributed by atoms with Gasteiger partial charge in [-0.2, -0.15) is 11.3 Å². The zero-order chi connectivity index (χ0) is 14.7. The molecule has 2 atom stereocenters. The van der Waals surface area contributed by atoms with Crippen molar-refractivity contribution in [3.8, 4) is 0 Å². The van der Waals surface area contributed by atoms with E-state index in [4.69, 9.17) is 0 Å². The Balaban J connectivity index is 1.70. The molecular formula is C16H18N2O2S. The number of aliphatic hydroxyl groups is 1. The van der Waals surface area contributed by atoms with Gasteiger partial charge in [0.1, 0.15) is 0 Å². The van der Waals surface area contributed by atoms with Gasteiger partial charge in [0.2, 0.25) is 5.91 Å². The Labute approximate surface area is 128 Å². The molecular weight excluding hydrogens is 284 g/mol. The predicted molar refractivity (Wildman–Crippen MR) is 82.1 cm³/mol. The maximum atomic E-state index is 12.5. The summed E-state index contributed by atoms with van der Waals surface area (Å²) in [6, 6.07) is 5.73. The second-order valence-electron chi connectivity index (χ2n) is 5.38. The van der Waals surface area contributed by atoms with Gasteiger partial charge >= 0.3 is 0 Å². The maximum Gasteiger partial charge on any atom is 0.227 e. The second-order valence-corrected chi connectivity index (χ2v) is 6.16. The van der Waals surface area contributed by atoms with Crippen LogP contribution in [0.5, 0.6) is 0 Å². The van der Waals surface area contributed by atoms with Crippen molar-refractivity contribution in [1.82, 2.24) is 9.88 Å². The number of hydrogen-bond acceptors (Lipinski definition) is 4. The number of aromatic nitrogens is 1. The fourth-order valence-corrected chi connectivity index (χ4v) is 3.49. The van der Waals surface area contributed by atoms with Crippen molar-refractivity contribution in [3.63, 3.8) is 0 Å². The number of aliphatic hydroxyl groups excluding tert-OH is 1. The summed E-state index contributed by atoms with van der Waals surface area (Å²) < 4.78 is 0. The lowest BCUT2D eigenvalue weighted by molar-refractivity contribution is -0.132. The third-order valence-electron chi connectivity index (χ3n) is 3.96. The number of thiophene rings is 1. The van der Waals surface area contributed by atoms with E-state index in [0.717, 1.165) is 11.1 Å². The van der Waals surface area contributed by atoms with Gasteiger partial charge in [-0.15, -0.1) is 0 Å². The largest absolute Gasteiger partial charge is 0.391 e. The number of pyridine rings is 1. The number of carbonyl (C=O) groups excluding carboxylic acids is 1. The minimum Gasteiger partial charge on any atom is -0.391 e. The first-order valence-electron chi connectivity index (χ1n) is 7.11. The Bertz CT molecular complexity index is 586. The van der Waals surface area contributed by atoms with E-state index in [-0.39, 0.29) is 11.9 Å². The SMILES string of the molecule is O=C(Cc1ccsc1)N1CC[C@H](O)[C@@H]1Cc1ccncc1. The molecule has 0 spiro atoms. The van der Waals surface area contributed by atoms with E-state index in [1.54, 1.807) is 23.7 Å². The van der Waals surface area contributed by atoms with Crippen molar-refractivity contribution in [1.29, 1.82) is 0 Å². The van der Waals surface area contributed by atoms with Gasteiger partial charge < -0.3 is 10.0 Å². The normalized spacial score (nSPS) is 21.7.